The second-order valence-corrected chi connectivity index (χ2v) is 5.61. The molecule has 6 heteroatoms. The van der Waals surface area contributed by atoms with Crippen LogP contribution in [0.5, 0.6) is 0 Å². The van der Waals surface area contributed by atoms with Crippen molar-refractivity contribution >= 4 is 11.8 Å². The molecule has 6 nitrogen and oxygen atoms in total. The van der Waals surface area contributed by atoms with Gasteiger partial charge in [0.2, 0.25) is 0 Å². The molecule has 0 bridgehead atoms. The molecule has 0 atom stereocenters. The van der Waals surface area contributed by atoms with Crippen molar-refractivity contribution in [3.63, 3.8) is 0 Å². The third-order valence-corrected chi connectivity index (χ3v) is 3.84. The Hall–Kier alpha value is -1.85. The molecule has 0 aromatic carbocycles. The van der Waals surface area contributed by atoms with Gasteiger partial charge in [0.05, 0.1) is 5.92 Å². The van der Waals surface area contributed by atoms with Gasteiger partial charge in [-0.15, -0.1) is 0 Å². The number of carboxylic acids is 1. The first-order valence-corrected chi connectivity index (χ1v) is 7.05. The van der Waals surface area contributed by atoms with E-state index in [4.69, 9.17) is 5.11 Å². The van der Waals surface area contributed by atoms with E-state index < -0.39 is 5.97 Å². The van der Waals surface area contributed by atoms with Crippen LogP contribution in [0, 0.1) is 5.92 Å². The summed E-state index contributed by atoms with van der Waals surface area (Å²) >= 11 is 0. The number of carbonyl (C=O) groups is 1. The van der Waals surface area contributed by atoms with Gasteiger partial charge >= 0.3 is 5.97 Å². The predicted octanol–water partition coefficient (Wildman–Crippen LogP) is 1.88. The lowest BCUT2D eigenvalue weighted by atomic mass is 9.86. The Labute approximate surface area is 117 Å². The second-order valence-electron chi connectivity index (χ2n) is 5.61. The number of nitrogens with zero attached hydrogens (tertiary/aromatic N) is 2. The number of aromatic nitrogens is 2. The monoisotopic (exact) mass is 279 g/mol. The summed E-state index contributed by atoms with van der Waals surface area (Å²) in [6, 6.07) is 0.225. The zero-order chi connectivity index (χ0) is 14.7. The van der Waals surface area contributed by atoms with Crippen molar-refractivity contribution in [2.24, 2.45) is 5.92 Å². The first-order chi connectivity index (χ1) is 9.49. The van der Waals surface area contributed by atoms with Gasteiger partial charge in [0.1, 0.15) is 0 Å². The van der Waals surface area contributed by atoms with Crippen molar-refractivity contribution < 1.29 is 9.90 Å². The maximum atomic E-state index is 12.2. The summed E-state index contributed by atoms with van der Waals surface area (Å²) in [5, 5.41) is 12.1. The molecule has 1 aromatic heterocycles. The average Bonchev–Trinajstić information content (AvgIpc) is 2.41. The van der Waals surface area contributed by atoms with Crippen molar-refractivity contribution in [2.45, 2.75) is 51.6 Å². The lowest BCUT2D eigenvalue weighted by Gasteiger charge is -2.27. The van der Waals surface area contributed by atoms with Gasteiger partial charge in [-0.3, -0.25) is 9.59 Å². The van der Waals surface area contributed by atoms with Gasteiger partial charge in [0, 0.05) is 24.5 Å². The SMILES string of the molecule is CC(C)n1ccnc(NC2CCC(C(=O)O)CC2)c1=O. The molecule has 20 heavy (non-hydrogen) atoms. The summed E-state index contributed by atoms with van der Waals surface area (Å²) in [5.41, 5.74) is -0.122. The van der Waals surface area contributed by atoms with Crippen LogP contribution >= 0.6 is 0 Å². The van der Waals surface area contributed by atoms with E-state index in [1.165, 1.54) is 0 Å². The summed E-state index contributed by atoms with van der Waals surface area (Å²) < 4.78 is 1.64. The largest absolute Gasteiger partial charge is 0.481 e. The lowest BCUT2D eigenvalue weighted by molar-refractivity contribution is -0.142. The van der Waals surface area contributed by atoms with E-state index in [1.807, 2.05) is 13.8 Å². The maximum Gasteiger partial charge on any atom is 0.306 e. The number of nitrogens with one attached hydrogen (secondary N) is 1. The molecule has 0 radical (unpaired) electrons. The van der Waals surface area contributed by atoms with Gasteiger partial charge in [0.25, 0.3) is 5.56 Å². The van der Waals surface area contributed by atoms with E-state index in [-0.39, 0.29) is 23.6 Å². The van der Waals surface area contributed by atoms with Crippen LogP contribution in [0.4, 0.5) is 5.82 Å². The molecule has 0 saturated heterocycles. The van der Waals surface area contributed by atoms with Gasteiger partial charge in [-0.05, 0) is 39.5 Å². The summed E-state index contributed by atoms with van der Waals surface area (Å²) in [7, 11) is 0. The van der Waals surface area contributed by atoms with Crippen molar-refractivity contribution in [3.05, 3.63) is 22.7 Å². The highest BCUT2D eigenvalue weighted by Crippen LogP contribution is 2.25. The lowest BCUT2D eigenvalue weighted by Crippen LogP contribution is -2.33. The molecule has 1 fully saturated rings. The smallest absolute Gasteiger partial charge is 0.306 e. The maximum absolute atomic E-state index is 12.2. The van der Waals surface area contributed by atoms with Gasteiger partial charge < -0.3 is 15.0 Å². The van der Waals surface area contributed by atoms with Crippen molar-refractivity contribution in [3.8, 4) is 0 Å². The fourth-order valence-corrected chi connectivity index (χ4v) is 2.61. The van der Waals surface area contributed by atoms with E-state index in [0.29, 0.717) is 18.7 Å². The van der Waals surface area contributed by atoms with E-state index in [1.54, 1.807) is 17.0 Å². The molecule has 0 spiro atoms. The summed E-state index contributed by atoms with van der Waals surface area (Å²) in [4.78, 5) is 27.2. The third kappa shape index (κ3) is 3.18. The first kappa shape index (κ1) is 14.6. The van der Waals surface area contributed by atoms with Crippen LogP contribution in [-0.4, -0.2) is 26.7 Å². The molecule has 1 heterocycles. The zero-order valence-electron chi connectivity index (χ0n) is 11.9. The van der Waals surface area contributed by atoms with Crippen LogP contribution in [0.15, 0.2) is 17.2 Å². The number of hydrogen-bond acceptors (Lipinski definition) is 4. The highest BCUT2D eigenvalue weighted by Gasteiger charge is 2.26. The average molecular weight is 279 g/mol. The molecule has 1 saturated carbocycles. The third-order valence-electron chi connectivity index (χ3n) is 3.84. The van der Waals surface area contributed by atoms with Gasteiger partial charge in [0.15, 0.2) is 5.82 Å². The van der Waals surface area contributed by atoms with E-state index in [9.17, 15) is 9.59 Å². The molecule has 2 rings (SSSR count). The van der Waals surface area contributed by atoms with Gasteiger partial charge in [-0.1, -0.05) is 0 Å². The van der Waals surface area contributed by atoms with E-state index in [0.717, 1.165) is 12.8 Å². The molecule has 110 valence electrons. The quantitative estimate of drug-likeness (QED) is 0.879. The Morgan fingerprint density at radius 3 is 2.60 bits per heavy atom. The Bertz CT molecular complexity index is 531. The molecular formula is C14H21N3O3. The Kier molecular flexibility index (Phi) is 4.42. The fraction of sp³-hybridized carbons (Fsp3) is 0.643. The van der Waals surface area contributed by atoms with Crippen molar-refractivity contribution in [1.82, 2.24) is 9.55 Å². The van der Waals surface area contributed by atoms with Crippen LogP contribution < -0.4 is 10.9 Å². The van der Waals surface area contributed by atoms with Crippen LogP contribution in [0.25, 0.3) is 0 Å². The fourth-order valence-electron chi connectivity index (χ4n) is 2.61. The normalized spacial score (nSPS) is 22.8. The molecule has 1 aliphatic carbocycles. The standard InChI is InChI=1S/C14H21N3O3/c1-9(2)17-8-7-15-12(13(17)18)16-11-5-3-10(4-6-11)14(19)20/h7-11H,3-6H2,1-2H3,(H,15,16)(H,19,20). The summed E-state index contributed by atoms with van der Waals surface area (Å²) in [6.07, 6.45) is 6.12. The second kappa shape index (κ2) is 6.07. The molecule has 0 aliphatic heterocycles. The Balaban J connectivity index is 2.03. The van der Waals surface area contributed by atoms with Gasteiger partial charge in [-0.2, -0.15) is 0 Å². The highest BCUT2D eigenvalue weighted by molar-refractivity contribution is 5.70. The van der Waals surface area contributed by atoms with Crippen LogP contribution in [0.3, 0.4) is 0 Å². The number of carboxylic acid groups (broad SMARTS) is 1. The van der Waals surface area contributed by atoms with Crippen LogP contribution in [0.2, 0.25) is 0 Å². The highest BCUT2D eigenvalue weighted by atomic mass is 16.4. The predicted molar refractivity (Wildman–Crippen MR) is 75.9 cm³/mol. The van der Waals surface area contributed by atoms with Crippen molar-refractivity contribution in [2.75, 3.05) is 5.32 Å². The summed E-state index contributed by atoms with van der Waals surface area (Å²) in [6.45, 7) is 3.90. The van der Waals surface area contributed by atoms with Crippen molar-refractivity contribution in [1.29, 1.82) is 0 Å². The van der Waals surface area contributed by atoms with Gasteiger partial charge in [-0.25, -0.2) is 4.98 Å². The number of aliphatic carboxylic acids is 1. The Morgan fingerprint density at radius 2 is 2.05 bits per heavy atom. The minimum absolute atomic E-state index is 0.0915. The van der Waals surface area contributed by atoms with Crippen LogP contribution in [-0.2, 0) is 4.79 Å². The molecule has 1 aliphatic rings. The molecular weight excluding hydrogens is 258 g/mol. The first-order valence-electron chi connectivity index (χ1n) is 7.05. The van der Waals surface area contributed by atoms with E-state index >= 15 is 0 Å². The number of hydrogen-bond donors (Lipinski definition) is 2. The molecule has 0 amide bonds. The molecule has 1 aromatic rings. The molecule has 0 unspecified atom stereocenters. The minimum atomic E-state index is -0.719. The number of rotatable bonds is 4. The Morgan fingerprint density at radius 1 is 1.40 bits per heavy atom. The summed E-state index contributed by atoms with van der Waals surface area (Å²) in [5.74, 6) is -0.604. The minimum Gasteiger partial charge on any atom is -0.481 e. The molecule has 2 N–H and O–H groups in total. The van der Waals surface area contributed by atoms with Crippen LogP contribution in [0.1, 0.15) is 45.6 Å². The van der Waals surface area contributed by atoms with E-state index in [2.05, 4.69) is 10.3 Å². The topological polar surface area (TPSA) is 84.2 Å². The number of anilines is 1. The zero-order valence-corrected chi connectivity index (χ0v) is 11.9.